The Bertz CT molecular complexity index is 791. The van der Waals surface area contributed by atoms with E-state index in [1.54, 1.807) is 37.7 Å². The van der Waals surface area contributed by atoms with E-state index < -0.39 is 7.14 Å². The summed E-state index contributed by atoms with van der Waals surface area (Å²) in [5.41, 5.74) is 1.90. The molecule has 0 fully saturated rings. The molecular weight excluding hydrogens is 311 g/mol. The van der Waals surface area contributed by atoms with Crippen LogP contribution in [-0.2, 0) is 15.8 Å². The Kier molecular flexibility index (Phi) is 5.03. The van der Waals surface area contributed by atoms with Crippen molar-refractivity contribution in [2.24, 2.45) is 0 Å². The topological polar surface area (TPSA) is 84.0 Å². The monoisotopic (exact) mass is 333 g/mol. The Hall–Kier alpha value is -2.20. The number of carbonyl (C=O) groups excluding carboxylic acids is 1. The first-order valence-electron chi connectivity index (χ1n) is 7.80. The summed E-state index contributed by atoms with van der Waals surface area (Å²) >= 11 is 0. The minimum atomic E-state index is -2.43. The maximum atomic E-state index is 11.9. The molecule has 0 saturated carbocycles. The summed E-state index contributed by atoms with van der Waals surface area (Å²) in [4.78, 5) is 20.4. The normalized spacial score (nSPS) is 11.7. The number of nitrogens with zero attached hydrogens (tertiary/aromatic N) is 2. The Morgan fingerprint density at radius 1 is 1.35 bits per heavy atom. The molecule has 23 heavy (non-hydrogen) atoms. The summed E-state index contributed by atoms with van der Waals surface area (Å²) in [5.74, 6) is 0.0918. The molecule has 1 heterocycles. The lowest BCUT2D eigenvalue weighted by Crippen LogP contribution is -2.15. The van der Waals surface area contributed by atoms with Gasteiger partial charge in [-0.25, -0.2) is 9.97 Å². The van der Waals surface area contributed by atoms with E-state index in [1.807, 2.05) is 13.0 Å². The van der Waals surface area contributed by atoms with Gasteiger partial charge in [-0.3, -0.25) is 4.79 Å². The van der Waals surface area contributed by atoms with E-state index in [1.165, 1.54) is 0 Å². The van der Waals surface area contributed by atoms with Gasteiger partial charge in [0.2, 0.25) is 11.9 Å². The van der Waals surface area contributed by atoms with Crippen LogP contribution < -0.4 is 10.6 Å². The van der Waals surface area contributed by atoms with Gasteiger partial charge in [0.25, 0.3) is 0 Å². The van der Waals surface area contributed by atoms with Gasteiger partial charge in [-0.2, -0.15) is 0 Å². The van der Waals surface area contributed by atoms with E-state index in [-0.39, 0.29) is 18.1 Å². The maximum Gasteiger partial charge on any atom is 0.231 e. The molecule has 0 radical (unpaired) electrons. The fraction of sp³-hybridized carbons (Fsp3) is 0.312. The zero-order valence-corrected chi connectivity index (χ0v) is 14.4. The number of carbonyl (C=O) groups is 1. The van der Waals surface area contributed by atoms with E-state index in [4.69, 9.17) is 1.37 Å². The van der Waals surface area contributed by atoms with Crippen LogP contribution in [0.1, 0.15) is 14.0 Å². The summed E-state index contributed by atoms with van der Waals surface area (Å²) < 4.78 is 19.7. The van der Waals surface area contributed by atoms with Crippen LogP contribution in [0.15, 0.2) is 36.5 Å². The fourth-order valence-electron chi connectivity index (χ4n) is 1.94. The van der Waals surface area contributed by atoms with E-state index >= 15 is 0 Å². The van der Waals surface area contributed by atoms with Gasteiger partial charge in [0.15, 0.2) is 0 Å². The molecule has 0 aliphatic rings. The van der Waals surface area contributed by atoms with Gasteiger partial charge in [0.1, 0.15) is 0 Å². The van der Waals surface area contributed by atoms with E-state index in [0.717, 1.165) is 12.1 Å². The van der Waals surface area contributed by atoms with Crippen molar-refractivity contribution < 1.29 is 10.7 Å². The van der Waals surface area contributed by atoms with E-state index in [0.29, 0.717) is 17.3 Å². The summed E-state index contributed by atoms with van der Waals surface area (Å²) in [6.07, 6.45) is 2.43. The molecule has 0 spiro atoms. The molecule has 1 aromatic heterocycles. The second kappa shape index (κ2) is 7.38. The smallest absolute Gasteiger partial charge is 0.231 e. The minimum absolute atomic E-state index is 0.0138. The third-order valence-corrected chi connectivity index (χ3v) is 3.98. The largest absolute Gasteiger partial charge is 0.326 e. The number of amides is 1. The number of aryl methyl sites for hydroxylation is 1. The Morgan fingerprint density at radius 3 is 2.83 bits per heavy atom. The standard InChI is InChI=1S/C16H21N4O2P/c1-4-12-8-9-17-16(19-12)20-14-7-5-6-13(10-14)18-15(21)11-23(2,3)22/h5-10H,4,11H2,1-3H3,(H,18,21)(H,17,19,20)/i7D. The molecule has 0 bridgehead atoms. The Labute approximate surface area is 137 Å². The molecule has 0 saturated heterocycles. The second-order valence-corrected chi connectivity index (χ2v) is 9.09. The van der Waals surface area contributed by atoms with Gasteiger partial charge in [-0.15, -0.1) is 0 Å². The van der Waals surface area contributed by atoms with Gasteiger partial charge in [0, 0.05) is 23.3 Å². The molecule has 2 N–H and O–H groups in total. The van der Waals surface area contributed by atoms with Gasteiger partial charge in [-0.1, -0.05) is 13.0 Å². The van der Waals surface area contributed by atoms with E-state index in [2.05, 4.69) is 20.6 Å². The van der Waals surface area contributed by atoms with Crippen LogP contribution in [-0.4, -0.2) is 35.4 Å². The van der Waals surface area contributed by atoms with Crippen LogP contribution in [0.3, 0.4) is 0 Å². The number of nitrogens with one attached hydrogen (secondary N) is 2. The van der Waals surface area contributed by atoms with Crippen molar-refractivity contribution in [3.05, 3.63) is 42.2 Å². The summed E-state index contributed by atoms with van der Waals surface area (Å²) in [7, 11) is -2.43. The second-order valence-electron chi connectivity index (χ2n) is 5.62. The Morgan fingerprint density at radius 2 is 2.13 bits per heavy atom. The Balaban J connectivity index is 2.16. The fourth-order valence-corrected chi connectivity index (χ4v) is 2.71. The third-order valence-electron chi connectivity index (χ3n) is 2.93. The minimum Gasteiger partial charge on any atom is -0.326 e. The molecule has 1 aromatic carbocycles. The molecular formula is C16H21N4O2P. The van der Waals surface area contributed by atoms with Crippen LogP contribution >= 0.6 is 7.14 Å². The van der Waals surface area contributed by atoms with Crippen molar-refractivity contribution in [1.82, 2.24) is 9.97 Å². The average Bonchev–Trinajstić information content (AvgIpc) is 2.49. The quantitative estimate of drug-likeness (QED) is 0.792. The van der Waals surface area contributed by atoms with Crippen molar-refractivity contribution in [3.63, 3.8) is 0 Å². The molecule has 0 aliphatic carbocycles. The van der Waals surface area contributed by atoms with Crippen molar-refractivity contribution in [2.45, 2.75) is 13.3 Å². The zero-order chi connectivity index (χ0) is 17.7. The predicted molar refractivity (Wildman–Crippen MR) is 94.1 cm³/mol. The van der Waals surface area contributed by atoms with Crippen molar-refractivity contribution in [2.75, 3.05) is 30.1 Å². The van der Waals surface area contributed by atoms with Crippen LogP contribution in [0, 0.1) is 0 Å². The third kappa shape index (κ3) is 5.83. The van der Waals surface area contributed by atoms with E-state index in [9.17, 15) is 9.36 Å². The van der Waals surface area contributed by atoms with Crippen molar-refractivity contribution in [1.29, 1.82) is 0 Å². The summed E-state index contributed by atoms with van der Waals surface area (Å²) in [6.45, 7) is 5.15. The van der Waals surface area contributed by atoms with Crippen LogP contribution in [0.25, 0.3) is 0 Å². The number of hydrogen-bond donors (Lipinski definition) is 2. The van der Waals surface area contributed by atoms with Gasteiger partial charge < -0.3 is 15.2 Å². The van der Waals surface area contributed by atoms with Gasteiger partial charge in [-0.05, 0) is 44.0 Å². The number of anilines is 3. The number of benzene rings is 1. The van der Waals surface area contributed by atoms with Gasteiger partial charge in [0.05, 0.1) is 14.7 Å². The lowest BCUT2D eigenvalue weighted by molar-refractivity contribution is -0.113. The molecule has 1 amide bonds. The highest BCUT2D eigenvalue weighted by atomic mass is 31.2. The first-order chi connectivity index (χ1) is 11.3. The molecule has 2 aromatic rings. The first kappa shape index (κ1) is 15.7. The molecule has 0 unspecified atom stereocenters. The average molecular weight is 333 g/mol. The highest BCUT2D eigenvalue weighted by Crippen LogP contribution is 2.35. The predicted octanol–water partition coefficient (Wildman–Crippen LogP) is 3.34. The molecule has 0 atom stereocenters. The lowest BCUT2D eigenvalue weighted by Gasteiger charge is -2.10. The molecule has 122 valence electrons. The molecule has 6 nitrogen and oxygen atoms in total. The summed E-state index contributed by atoms with van der Waals surface area (Å²) in [6, 6.07) is 6.93. The van der Waals surface area contributed by atoms with Crippen molar-refractivity contribution >= 4 is 30.4 Å². The SMILES string of the molecule is [2H]c1ccc(NC(=O)CP(C)(C)=O)cc1Nc1nccc(CC)n1. The maximum absolute atomic E-state index is 11.9. The van der Waals surface area contributed by atoms with Crippen LogP contribution in [0.2, 0.25) is 0 Å². The molecule has 2 rings (SSSR count). The van der Waals surface area contributed by atoms with Crippen LogP contribution in [0.4, 0.5) is 17.3 Å². The van der Waals surface area contributed by atoms with Crippen molar-refractivity contribution in [3.8, 4) is 0 Å². The van der Waals surface area contributed by atoms with Gasteiger partial charge >= 0.3 is 0 Å². The number of rotatable bonds is 6. The zero-order valence-electron chi connectivity index (χ0n) is 14.5. The first-order valence-corrected chi connectivity index (χ1v) is 10.1. The highest BCUT2D eigenvalue weighted by Gasteiger charge is 2.14. The molecule has 0 aliphatic heterocycles. The number of aromatic nitrogens is 2. The van der Waals surface area contributed by atoms with Crippen LogP contribution in [0.5, 0.6) is 0 Å². The summed E-state index contributed by atoms with van der Waals surface area (Å²) in [5, 5.41) is 5.69. The molecule has 7 heteroatoms. The highest BCUT2D eigenvalue weighted by molar-refractivity contribution is 7.63. The lowest BCUT2D eigenvalue weighted by atomic mass is 10.2. The number of hydrogen-bond acceptors (Lipinski definition) is 5.